The molecule has 1 aliphatic rings. The number of allylic oxidation sites excluding steroid dienone is 1. The Morgan fingerprint density at radius 1 is 1.38 bits per heavy atom. The van der Waals surface area contributed by atoms with Gasteiger partial charge in [-0.2, -0.15) is 0 Å². The van der Waals surface area contributed by atoms with E-state index in [1.54, 1.807) is 19.1 Å². The highest BCUT2D eigenvalue weighted by atomic mass is 19.1. The van der Waals surface area contributed by atoms with Gasteiger partial charge in [0.15, 0.2) is 5.70 Å². The van der Waals surface area contributed by atoms with Crippen LogP contribution in [0.25, 0.3) is 5.57 Å². The number of hydrogen-bond donors (Lipinski definition) is 1. The number of aliphatic imine (C=N–C) groups is 1. The van der Waals surface area contributed by atoms with Crippen LogP contribution in [0, 0.1) is 5.82 Å². The Morgan fingerprint density at radius 3 is 2.56 bits per heavy atom. The molecule has 0 spiro atoms. The number of hydrogen-bond acceptors (Lipinski definition) is 2. The molecule has 1 aromatic rings. The summed E-state index contributed by atoms with van der Waals surface area (Å²) < 4.78 is 12.7. The van der Waals surface area contributed by atoms with E-state index in [9.17, 15) is 9.18 Å². The molecule has 0 fully saturated rings. The zero-order valence-corrected chi connectivity index (χ0v) is 8.70. The van der Waals surface area contributed by atoms with Gasteiger partial charge in [0.25, 0.3) is 0 Å². The molecule has 1 heterocycles. The summed E-state index contributed by atoms with van der Waals surface area (Å²) in [5, 5.41) is 8.98. The van der Waals surface area contributed by atoms with Crippen LogP contribution in [0.1, 0.15) is 18.9 Å². The summed E-state index contributed by atoms with van der Waals surface area (Å²) >= 11 is 0. The number of carbonyl (C=O) groups is 1. The first-order valence-corrected chi connectivity index (χ1v) is 4.84. The second-order valence-electron chi connectivity index (χ2n) is 3.66. The van der Waals surface area contributed by atoms with Crippen LogP contribution in [0.4, 0.5) is 4.39 Å². The summed E-state index contributed by atoms with van der Waals surface area (Å²) in [5.41, 5.74) is 2.17. The Labute approximate surface area is 91.9 Å². The van der Waals surface area contributed by atoms with E-state index in [1.165, 1.54) is 12.1 Å². The normalized spacial score (nSPS) is 15.2. The number of nitrogens with zero attached hydrogens (tertiary/aromatic N) is 1. The molecular formula is C12H10FNO2. The van der Waals surface area contributed by atoms with Crippen molar-refractivity contribution in [3.63, 3.8) is 0 Å². The number of rotatable bonds is 2. The Kier molecular flexibility index (Phi) is 2.56. The molecule has 82 valence electrons. The largest absolute Gasteiger partial charge is 0.477 e. The quantitative estimate of drug-likeness (QED) is 0.830. The number of aliphatic carboxylic acids is 1. The van der Waals surface area contributed by atoms with E-state index in [1.807, 2.05) is 0 Å². The summed E-state index contributed by atoms with van der Waals surface area (Å²) in [6.07, 6.45) is 0.507. The van der Waals surface area contributed by atoms with Gasteiger partial charge in [-0.05, 0) is 30.2 Å². The first-order valence-electron chi connectivity index (χ1n) is 4.84. The van der Waals surface area contributed by atoms with Crippen LogP contribution in [0.15, 0.2) is 35.0 Å². The third-order valence-electron chi connectivity index (χ3n) is 2.42. The maximum absolute atomic E-state index is 12.7. The van der Waals surface area contributed by atoms with Crippen LogP contribution in [0.3, 0.4) is 0 Å². The van der Waals surface area contributed by atoms with Crippen LogP contribution < -0.4 is 0 Å². The van der Waals surface area contributed by atoms with E-state index < -0.39 is 5.97 Å². The molecular weight excluding hydrogens is 209 g/mol. The molecule has 0 atom stereocenters. The zero-order chi connectivity index (χ0) is 11.7. The van der Waals surface area contributed by atoms with Gasteiger partial charge in [0, 0.05) is 12.1 Å². The molecule has 1 aromatic carbocycles. The first kappa shape index (κ1) is 10.5. The van der Waals surface area contributed by atoms with Crippen molar-refractivity contribution in [3.8, 4) is 0 Å². The predicted molar refractivity (Wildman–Crippen MR) is 58.7 cm³/mol. The molecule has 16 heavy (non-hydrogen) atoms. The molecule has 1 N–H and O–H groups in total. The lowest BCUT2D eigenvalue weighted by atomic mass is 10.0. The molecule has 4 heteroatoms. The van der Waals surface area contributed by atoms with Gasteiger partial charge in [-0.25, -0.2) is 14.2 Å². The van der Waals surface area contributed by atoms with Gasteiger partial charge >= 0.3 is 5.97 Å². The summed E-state index contributed by atoms with van der Waals surface area (Å²) in [7, 11) is 0. The standard InChI is InChI=1S/C12H10FNO2/c1-7-6-10(11(14-7)12(15)16)8-2-4-9(13)5-3-8/h2-5H,6H2,1H3,(H,15,16). The minimum atomic E-state index is -1.05. The summed E-state index contributed by atoms with van der Waals surface area (Å²) in [6, 6.07) is 5.77. The average molecular weight is 219 g/mol. The second-order valence-corrected chi connectivity index (χ2v) is 3.66. The molecule has 0 radical (unpaired) electrons. The fourth-order valence-corrected chi connectivity index (χ4v) is 1.70. The van der Waals surface area contributed by atoms with Gasteiger partial charge in [-0.15, -0.1) is 0 Å². The van der Waals surface area contributed by atoms with E-state index >= 15 is 0 Å². The molecule has 0 unspecified atom stereocenters. The number of halogens is 1. The summed E-state index contributed by atoms with van der Waals surface area (Å²) in [4.78, 5) is 14.9. The van der Waals surface area contributed by atoms with E-state index in [-0.39, 0.29) is 11.5 Å². The van der Waals surface area contributed by atoms with Crippen LogP contribution in [0.5, 0.6) is 0 Å². The van der Waals surface area contributed by atoms with Gasteiger partial charge in [0.1, 0.15) is 5.82 Å². The highest BCUT2D eigenvalue weighted by molar-refractivity contribution is 6.08. The lowest BCUT2D eigenvalue weighted by molar-refractivity contribution is -0.132. The molecule has 0 aliphatic carbocycles. The van der Waals surface area contributed by atoms with Crippen molar-refractivity contribution in [2.75, 3.05) is 0 Å². The molecule has 0 amide bonds. The van der Waals surface area contributed by atoms with Gasteiger partial charge in [-0.3, -0.25) is 0 Å². The Hall–Kier alpha value is -1.97. The predicted octanol–water partition coefficient (Wildman–Crippen LogP) is 2.49. The highest BCUT2D eigenvalue weighted by Gasteiger charge is 2.21. The monoisotopic (exact) mass is 219 g/mol. The Bertz CT molecular complexity index is 500. The Morgan fingerprint density at radius 2 is 2.00 bits per heavy atom. The van der Waals surface area contributed by atoms with Crippen molar-refractivity contribution in [2.45, 2.75) is 13.3 Å². The molecule has 3 nitrogen and oxygen atoms in total. The summed E-state index contributed by atoms with van der Waals surface area (Å²) in [5.74, 6) is -1.38. The van der Waals surface area contributed by atoms with Crippen molar-refractivity contribution < 1.29 is 14.3 Å². The molecule has 0 saturated carbocycles. The molecule has 0 bridgehead atoms. The SMILES string of the molecule is CC1=NC(C(=O)O)=C(c2ccc(F)cc2)C1. The minimum absolute atomic E-state index is 0.0594. The maximum atomic E-state index is 12.7. The van der Waals surface area contributed by atoms with Gasteiger partial charge in [0.2, 0.25) is 0 Å². The van der Waals surface area contributed by atoms with E-state index in [2.05, 4.69) is 4.99 Å². The van der Waals surface area contributed by atoms with Gasteiger partial charge < -0.3 is 5.11 Å². The van der Waals surface area contributed by atoms with E-state index in [0.29, 0.717) is 17.6 Å². The summed E-state index contributed by atoms with van der Waals surface area (Å²) in [6.45, 7) is 1.78. The topological polar surface area (TPSA) is 49.7 Å². The fraction of sp³-hybridized carbons (Fsp3) is 0.167. The highest BCUT2D eigenvalue weighted by Crippen LogP contribution is 2.29. The van der Waals surface area contributed by atoms with Crippen molar-refractivity contribution in [1.82, 2.24) is 0 Å². The van der Waals surface area contributed by atoms with Crippen LogP contribution in [-0.2, 0) is 4.79 Å². The lowest BCUT2D eigenvalue weighted by Crippen LogP contribution is -1.98. The Balaban J connectivity index is 2.45. The lowest BCUT2D eigenvalue weighted by Gasteiger charge is -2.03. The fourth-order valence-electron chi connectivity index (χ4n) is 1.70. The van der Waals surface area contributed by atoms with Crippen molar-refractivity contribution in [3.05, 3.63) is 41.3 Å². The maximum Gasteiger partial charge on any atom is 0.354 e. The number of carboxylic acid groups (broad SMARTS) is 1. The van der Waals surface area contributed by atoms with Gasteiger partial charge in [0.05, 0.1) is 0 Å². The van der Waals surface area contributed by atoms with Crippen LogP contribution in [-0.4, -0.2) is 16.8 Å². The zero-order valence-electron chi connectivity index (χ0n) is 8.70. The van der Waals surface area contributed by atoms with E-state index in [0.717, 1.165) is 5.71 Å². The average Bonchev–Trinajstić information content (AvgIpc) is 2.61. The minimum Gasteiger partial charge on any atom is -0.477 e. The number of benzene rings is 1. The third-order valence-corrected chi connectivity index (χ3v) is 2.42. The van der Waals surface area contributed by atoms with Gasteiger partial charge in [-0.1, -0.05) is 12.1 Å². The second kappa shape index (κ2) is 3.89. The van der Waals surface area contributed by atoms with Crippen molar-refractivity contribution in [1.29, 1.82) is 0 Å². The number of carboxylic acids is 1. The smallest absolute Gasteiger partial charge is 0.354 e. The van der Waals surface area contributed by atoms with Crippen molar-refractivity contribution >= 4 is 17.3 Å². The molecule has 0 aromatic heterocycles. The molecule has 0 saturated heterocycles. The molecule has 2 rings (SSSR count). The third kappa shape index (κ3) is 1.86. The van der Waals surface area contributed by atoms with E-state index in [4.69, 9.17) is 5.11 Å². The van der Waals surface area contributed by atoms with Crippen LogP contribution in [0.2, 0.25) is 0 Å². The van der Waals surface area contributed by atoms with Crippen LogP contribution >= 0.6 is 0 Å². The first-order chi connectivity index (χ1) is 7.58. The molecule has 1 aliphatic heterocycles. The van der Waals surface area contributed by atoms with Crippen molar-refractivity contribution in [2.24, 2.45) is 4.99 Å².